The second-order valence-corrected chi connectivity index (χ2v) is 5.11. The van der Waals surface area contributed by atoms with E-state index in [1.54, 1.807) is 7.11 Å². The lowest BCUT2D eigenvalue weighted by Crippen LogP contribution is -2.48. The topological polar surface area (TPSA) is 64.3 Å². The van der Waals surface area contributed by atoms with Crippen LogP contribution in [0.25, 0.3) is 0 Å². The number of nitrogens with two attached hydrogens (primary N) is 1. The first-order valence-corrected chi connectivity index (χ1v) is 6.68. The lowest BCUT2D eigenvalue weighted by molar-refractivity contribution is -0.127. The van der Waals surface area contributed by atoms with Gasteiger partial charge in [0.2, 0.25) is 5.91 Å². The zero-order valence-electron chi connectivity index (χ0n) is 11.1. The summed E-state index contributed by atoms with van der Waals surface area (Å²) in [5, 5.41) is 3.08. The van der Waals surface area contributed by atoms with Crippen molar-refractivity contribution in [3.8, 4) is 0 Å². The molecule has 0 saturated heterocycles. The highest BCUT2D eigenvalue weighted by molar-refractivity contribution is 5.78. The number of nitrogens with one attached hydrogen (secondary N) is 1. The smallest absolute Gasteiger partial charge is 0.225 e. The van der Waals surface area contributed by atoms with E-state index in [1.807, 2.05) is 6.92 Å². The van der Waals surface area contributed by atoms with Gasteiger partial charge in [0.15, 0.2) is 0 Å². The van der Waals surface area contributed by atoms with Gasteiger partial charge in [0.25, 0.3) is 0 Å². The summed E-state index contributed by atoms with van der Waals surface area (Å²) in [6, 6.07) is 0.141. The fourth-order valence-corrected chi connectivity index (χ4v) is 2.56. The van der Waals surface area contributed by atoms with E-state index in [2.05, 4.69) is 5.32 Å². The zero-order valence-corrected chi connectivity index (χ0v) is 11.1. The van der Waals surface area contributed by atoms with Gasteiger partial charge in [-0.3, -0.25) is 4.79 Å². The van der Waals surface area contributed by atoms with Gasteiger partial charge in [0, 0.05) is 19.7 Å². The molecule has 0 aromatic heterocycles. The summed E-state index contributed by atoms with van der Waals surface area (Å²) >= 11 is 0. The third kappa shape index (κ3) is 4.64. The second-order valence-electron chi connectivity index (χ2n) is 5.11. The molecule has 4 nitrogen and oxygen atoms in total. The van der Waals surface area contributed by atoms with E-state index in [4.69, 9.17) is 10.5 Å². The average molecular weight is 242 g/mol. The normalized spacial score (nSPS) is 20.9. The number of rotatable bonds is 6. The number of carbonyl (C=O) groups is 1. The molecule has 0 aromatic rings. The maximum absolute atomic E-state index is 11.9. The molecule has 0 heterocycles. The molecule has 0 radical (unpaired) electrons. The van der Waals surface area contributed by atoms with E-state index in [1.165, 1.54) is 32.1 Å². The zero-order chi connectivity index (χ0) is 12.7. The summed E-state index contributed by atoms with van der Waals surface area (Å²) in [5.74, 6) is 0.526. The minimum Gasteiger partial charge on any atom is -0.384 e. The summed E-state index contributed by atoms with van der Waals surface area (Å²) < 4.78 is 4.99. The van der Waals surface area contributed by atoms with Gasteiger partial charge in [0.05, 0.1) is 12.5 Å². The minimum atomic E-state index is -0.0994. The Morgan fingerprint density at radius 3 is 2.59 bits per heavy atom. The molecule has 1 amide bonds. The number of hydrogen-bond donors (Lipinski definition) is 2. The van der Waals surface area contributed by atoms with Crippen molar-refractivity contribution in [2.75, 3.05) is 20.3 Å². The molecular weight excluding hydrogens is 216 g/mol. The summed E-state index contributed by atoms with van der Waals surface area (Å²) in [4.78, 5) is 11.9. The Kier molecular flexibility index (Phi) is 6.52. The Morgan fingerprint density at radius 1 is 1.41 bits per heavy atom. The fraction of sp³-hybridized carbons (Fsp3) is 0.923. The molecule has 0 bridgehead atoms. The van der Waals surface area contributed by atoms with Crippen LogP contribution >= 0.6 is 0 Å². The fourth-order valence-electron chi connectivity index (χ4n) is 2.56. The molecule has 1 saturated carbocycles. The lowest BCUT2D eigenvalue weighted by Gasteiger charge is -2.30. The molecule has 2 unspecified atom stereocenters. The molecule has 0 aromatic carbocycles. The van der Waals surface area contributed by atoms with Crippen LogP contribution < -0.4 is 11.1 Å². The van der Waals surface area contributed by atoms with Crippen molar-refractivity contribution in [3.63, 3.8) is 0 Å². The quantitative estimate of drug-likeness (QED) is 0.737. The van der Waals surface area contributed by atoms with Gasteiger partial charge in [-0.05, 0) is 18.8 Å². The Bertz CT molecular complexity index is 227. The highest BCUT2D eigenvalue weighted by Gasteiger charge is 2.25. The van der Waals surface area contributed by atoms with E-state index < -0.39 is 0 Å². The van der Waals surface area contributed by atoms with Crippen LogP contribution in [0.1, 0.15) is 39.0 Å². The Morgan fingerprint density at radius 2 is 2.06 bits per heavy atom. The third-order valence-corrected chi connectivity index (χ3v) is 3.66. The average Bonchev–Trinajstić information content (AvgIpc) is 2.37. The van der Waals surface area contributed by atoms with Crippen molar-refractivity contribution in [3.05, 3.63) is 0 Å². The lowest BCUT2D eigenvalue weighted by atomic mass is 9.83. The van der Waals surface area contributed by atoms with Crippen LogP contribution in [0.2, 0.25) is 0 Å². The summed E-state index contributed by atoms with van der Waals surface area (Å²) in [6.07, 6.45) is 6.25. The molecule has 1 aliphatic carbocycles. The van der Waals surface area contributed by atoms with E-state index in [9.17, 15) is 4.79 Å². The van der Waals surface area contributed by atoms with Crippen LogP contribution in [-0.2, 0) is 9.53 Å². The van der Waals surface area contributed by atoms with Gasteiger partial charge in [-0.1, -0.05) is 26.2 Å². The second kappa shape index (κ2) is 7.67. The Balaban J connectivity index is 2.42. The molecule has 1 rings (SSSR count). The molecule has 0 aliphatic heterocycles. The Labute approximate surface area is 104 Å². The predicted molar refractivity (Wildman–Crippen MR) is 68.6 cm³/mol. The SMILES string of the molecule is COCC(C)C(=O)NC(CN)C1CCCCC1. The van der Waals surface area contributed by atoms with Gasteiger partial charge < -0.3 is 15.8 Å². The monoisotopic (exact) mass is 242 g/mol. The van der Waals surface area contributed by atoms with Crippen LogP contribution in [0.5, 0.6) is 0 Å². The molecule has 4 heteroatoms. The van der Waals surface area contributed by atoms with Crippen molar-refractivity contribution >= 4 is 5.91 Å². The van der Waals surface area contributed by atoms with Gasteiger partial charge in [-0.2, -0.15) is 0 Å². The molecule has 100 valence electrons. The molecule has 0 spiro atoms. The van der Waals surface area contributed by atoms with Crippen molar-refractivity contribution in [2.45, 2.75) is 45.1 Å². The first-order chi connectivity index (χ1) is 8.19. The summed E-state index contributed by atoms with van der Waals surface area (Å²) in [6.45, 7) is 2.89. The first-order valence-electron chi connectivity index (χ1n) is 6.68. The first kappa shape index (κ1) is 14.5. The van der Waals surface area contributed by atoms with Crippen molar-refractivity contribution in [1.29, 1.82) is 0 Å². The van der Waals surface area contributed by atoms with Crippen LogP contribution in [0.3, 0.4) is 0 Å². The van der Waals surface area contributed by atoms with Crippen LogP contribution in [0.15, 0.2) is 0 Å². The maximum Gasteiger partial charge on any atom is 0.225 e. The molecule has 2 atom stereocenters. The molecular formula is C13H26N2O2. The summed E-state index contributed by atoms with van der Waals surface area (Å²) in [5.41, 5.74) is 5.78. The van der Waals surface area contributed by atoms with Crippen LogP contribution in [0.4, 0.5) is 0 Å². The number of methoxy groups -OCH3 is 1. The minimum absolute atomic E-state index is 0.0628. The number of carbonyl (C=O) groups excluding carboxylic acids is 1. The third-order valence-electron chi connectivity index (χ3n) is 3.66. The van der Waals surface area contributed by atoms with Gasteiger partial charge in [-0.25, -0.2) is 0 Å². The van der Waals surface area contributed by atoms with Crippen LogP contribution in [-0.4, -0.2) is 32.2 Å². The van der Waals surface area contributed by atoms with Gasteiger partial charge in [0.1, 0.15) is 0 Å². The highest BCUT2D eigenvalue weighted by atomic mass is 16.5. The largest absolute Gasteiger partial charge is 0.384 e. The summed E-state index contributed by atoms with van der Waals surface area (Å²) in [7, 11) is 1.62. The van der Waals surface area contributed by atoms with Crippen molar-refractivity contribution in [1.82, 2.24) is 5.32 Å². The standard InChI is InChI=1S/C13H26N2O2/c1-10(9-17-2)13(16)15-12(8-14)11-6-4-3-5-7-11/h10-12H,3-9,14H2,1-2H3,(H,15,16). The van der Waals surface area contributed by atoms with E-state index in [0.29, 0.717) is 19.1 Å². The van der Waals surface area contributed by atoms with Gasteiger partial charge in [-0.15, -0.1) is 0 Å². The molecule has 17 heavy (non-hydrogen) atoms. The van der Waals surface area contributed by atoms with Gasteiger partial charge >= 0.3 is 0 Å². The van der Waals surface area contributed by atoms with E-state index in [-0.39, 0.29) is 17.9 Å². The molecule has 1 aliphatic rings. The number of hydrogen-bond acceptors (Lipinski definition) is 3. The van der Waals surface area contributed by atoms with Crippen LogP contribution in [0, 0.1) is 11.8 Å². The van der Waals surface area contributed by atoms with Crippen molar-refractivity contribution in [2.24, 2.45) is 17.6 Å². The maximum atomic E-state index is 11.9. The molecule has 3 N–H and O–H groups in total. The number of ether oxygens (including phenoxy) is 1. The van der Waals surface area contributed by atoms with Crippen molar-refractivity contribution < 1.29 is 9.53 Å². The Hall–Kier alpha value is -0.610. The van der Waals surface area contributed by atoms with E-state index in [0.717, 1.165) is 0 Å². The van der Waals surface area contributed by atoms with E-state index >= 15 is 0 Å². The highest BCUT2D eigenvalue weighted by Crippen LogP contribution is 2.26. The molecule has 1 fully saturated rings. The number of amides is 1. The predicted octanol–water partition coefficient (Wildman–Crippen LogP) is 1.29.